The number of halogens is 2. The highest BCUT2D eigenvalue weighted by molar-refractivity contribution is 6.36. The summed E-state index contributed by atoms with van der Waals surface area (Å²) in [4.78, 5) is 33.0. The Morgan fingerprint density at radius 3 is 2.83 bits per heavy atom. The predicted molar refractivity (Wildman–Crippen MR) is 167 cm³/mol. The third-order valence-corrected chi connectivity index (χ3v) is 9.05. The molecule has 46 heavy (non-hydrogen) atoms. The number of carbonyl (C=O) groups is 1. The fraction of sp³-hybridized carbons (Fsp3) is 0.375. The summed E-state index contributed by atoms with van der Waals surface area (Å²) in [5.74, 6) is 0.951. The Hall–Kier alpha value is -4.80. The summed E-state index contributed by atoms with van der Waals surface area (Å²) in [5, 5.41) is 15.2. The lowest BCUT2D eigenvalue weighted by molar-refractivity contribution is -0.128. The molecule has 236 valence electrons. The Bertz CT molecular complexity index is 1870. The van der Waals surface area contributed by atoms with Crippen molar-refractivity contribution in [3.05, 3.63) is 70.2 Å². The van der Waals surface area contributed by atoms with E-state index in [2.05, 4.69) is 26.0 Å². The van der Waals surface area contributed by atoms with Crippen molar-refractivity contribution in [1.82, 2.24) is 25.0 Å². The van der Waals surface area contributed by atoms with E-state index >= 15 is 0 Å². The molecule has 0 aliphatic carbocycles. The second kappa shape index (κ2) is 12.5. The first kappa shape index (κ1) is 29.9. The van der Waals surface area contributed by atoms with Crippen LogP contribution < -0.4 is 14.5 Å². The molecule has 1 amide bonds. The van der Waals surface area contributed by atoms with Gasteiger partial charge < -0.3 is 28.7 Å². The Kier molecular flexibility index (Phi) is 8.14. The van der Waals surface area contributed by atoms with E-state index in [-0.39, 0.29) is 41.2 Å². The van der Waals surface area contributed by atoms with Crippen LogP contribution in [0.4, 0.5) is 15.9 Å². The number of ether oxygens (including phenoxy) is 2. The molecular weight excluding hydrogens is 615 g/mol. The third kappa shape index (κ3) is 5.59. The summed E-state index contributed by atoms with van der Waals surface area (Å²) in [7, 11) is 1.52. The normalized spacial score (nSPS) is 18.5. The van der Waals surface area contributed by atoms with E-state index in [1.807, 2.05) is 18.2 Å². The van der Waals surface area contributed by atoms with E-state index in [4.69, 9.17) is 35.6 Å². The molecule has 7 rings (SSSR count). The van der Waals surface area contributed by atoms with Crippen molar-refractivity contribution in [1.29, 1.82) is 5.26 Å². The van der Waals surface area contributed by atoms with Gasteiger partial charge in [0, 0.05) is 55.0 Å². The number of rotatable bonds is 7. The lowest BCUT2D eigenvalue weighted by Gasteiger charge is -2.42. The molecule has 5 heterocycles. The number of amides is 1. The maximum Gasteiger partial charge on any atom is 0.318 e. The van der Waals surface area contributed by atoms with Gasteiger partial charge in [0.05, 0.1) is 62.0 Å². The van der Waals surface area contributed by atoms with Gasteiger partial charge >= 0.3 is 6.01 Å². The lowest BCUT2D eigenvalue weighted by Crippen LogP contribution is -2.55. The zero-order chi connectivity index (χ0) is 31.8. The third-order valence-electron chi connectivity index (χ3n) is 8.68. The largest absolute Gasteiger partial charge is 0.467 e. The summed E-state index contributed by atoms with van der Waals surface area (Å²) in [6.07, 6.45) is 3.69. The minimum Gasteiger partial charge on any atom is -0.467 e. The number of piperazine rings is 1. The molecule has 1 atom stereocenters. The zero-order valence-electron chi connectivity index (χ0n) is 25.0. The first-order valence-corrected chi connectivity index (χ1v) is 15.4. The van der Waals surface area contributed by atoms with Gasteiger partial charge in [-0.05, 0) is 23.9 Å². The Morgan fingerprint density at radius 2 is 2.04 bits per heavy atom. The molecule has 0 saturated carbocycles. The van der Waals surface area contributed by atoms with Gasteiger partial charge in [-0.3, -0.25) is 4.79 Å². The first-order valence-electron chi connectivity index (χ1n) is 15.0. The van der Waals surface area contributed by atoms with Gasteiger partial charge in [0.25, 0.3) is 5.89 Å². The van der Waals surface area contributed by atoms with Crippen molar-refractivity contribution in [3.63, 3.8) is 0 Å². The topological polar surface area (TPSA) is 134 Å². The molecule has 12 nitrogen and oxygen atoms in total. The highest BCUT2D eigenvalue weighted by atomic mass is 35.5. The smallest absolute Gasteiger partial charge is 0.318 e. The van der Waals surface area contributed by atoms with Gasteiger partial charge in [-0.15, -0.1) is 0 Å². The van der Waals surface area contributed by atoms with Crippen molar-refractivity contribution in [3.8, 4) is 12.1 Å². The number of benzene rings is 2. The minimum absolute atomic E-state index is 0.0938. The first-order chi connectivity index (χ1) is 22.4. The number of methoxy groups -OCH3 is 1. The number of aromatic nitrogens is 4. The molecule has 1 unspecified atom stereocenters. The highest BCUT2D eigenvalue weighted by Gasteiger charge is 2.34. The van der Waals surface area contributed by atoms with Gasteiger partial charge in [-0.1, -0.05) is 35.0 Å². The predicted octanol–water partition coefficient (Wildman–Crippen LogP) is 4.13. The van der Waals surface area contributed by atoms with Crippen molar-refractivity contribution in [2.45, 2.75) is 31.3 Å². The van der Waals surface area contributed by atoms with E-state index in [0.29, 0.717) is 63.6 Å². The van der Waals surface area contributed by atoms with Crippen LogP contribution in [0.15, 0.2) is 40.9 Å². The van der Waals surface area contributed by atoms with Gasteiger partial charge in [0.15, 0.2) is 5.82 Å². The summed E-state index contributed by atoms with van der Waals surface area (Å²) in [6, 6.07) is 11.0. The molecular formula is C32H30ClFN8O4. The summed E-state index contributed by atoms with van der Waals surface area (Å²) in [6.45, 7) is 3.50. The number of nitrogens with zero attached hydrogens (tertiary/aromatic N) is 8. The van der Waals surface area contributed by atoms with E-state index in [1.54, 1.807) is 11.0 Å². The molecule has 0 N–H and O–H groups in total. The van der Waals surface area contributed by atoms with Crippen LogP contribution >= 0.6 is 11.6 Å². The summed E-state index contributed by atoms with van der Waals surface area (Å²) >= 11 is 6.45. The quantitative estimate of drug-likeness (QED) is 0.269. The number of carbonyl (C=O) groups excluding carboxylic acids is 1. The second-order valence-electron chi connectivity index (χ2n) is 11.4. The summed E-state index contributed by atoms with van der Waals surface area (Å²) in [5.41, 5.74) is 2.60. The van der Waals surface area contributed by atoms with Gasteiger partial charge in [-0.25, -0.2) is 4.39 Å². The Balaban J connectivity index is 1.11. The van der Waals surface area contributed by atoms with Gasteiger partial charge in [0.2, 0.25) is 5.91 Å². The fourth-order valence-corrected chi connectivity index (χ4v) is 6.49. The number of hydrogen-bond acceptors (Lipinski definition) is 11. The molecule has 3 aliphatic rings. The van der Waals surface area contributed by atoms with Crippen molar-refractivity contribution in [2.75, 3.05) is 56.3 Å². The molecule has 2 fully saturated rings. The molecule has 2 saturated heterocycles. The Labute approximate surface area is 269 Å². The van der Waals surface area contributed by atoms with E-state index in [9.17, 15) is 14.4 Å². The van der Waals surface area contributed by atoms with Crippen LogP contribution in [-0.2, 0) is 22.5 Å². The van der Waals surface area contributed by atoms with Gasteiger partial charge in [-0.2, -0.15) is 20.2 Å². The highest BCUT2D eigenvalue weighted by Crippen LogP contribution is 2.38. The van der Waals surface area contributed by atoms with Crippen LogP contribution in [-0.4, -0.2) is 83.5 Å². The fourth-order valence-electron chi connectivity index (χ4n) is 6.22. The van der Waals surface area contributed by atoms with Crippen LogP contribution in [0.25, 0.3) is 16.8 Å². The molecule has 3 aliphatic heterocycles. The zero-order valence-corrected chi connectivity index (χ0v) is 25.8. The molecule has 2 aromatic heterocycles. The second-order valence-corrected chi connectivity index (χ2v) is 11.8. The SMILES string of the molecule is COc1nc2c(c(N3CCN(C(=O)/C=C/c4nc(C5COC5)no4)C(CC#N)C3)n1)CCN(c1cccc3ccc(F)c(Cl)c13)C2. The molecule has 0 radical (unpaired) electrons. The molecule has 0 bridgehead atoms. The van der Waals surface area contributed by atoms with E-state index < -0.39 is 5.82 Å². The summed E-state index contributed by atoms with van der Waals surface area (Å²) < 4.78 is 30.4. The number of nitriles is 1. The van der Waals surface area contributed by atoms with Crippen molar-refractivity contribution >= 4 is 45.9 Å². The van der Waals surface area contributed by atoms with Crippen LogP contribution in [0.2, 0.25) is 5.02 Å². The van der Waals surface area contributed by atoms with E-state index in [1.165, 1.54) is 25.3 Å². The molecule has 0 spiro atoms. The van der Waals surface area contributed by atoms with E-state index in [0.717, 1.165) is 28.1 Å². The number of hydrogen-bond donors (Lipinski definition) is 0. The van der Waals surface area contributed by atoms with Crippen molar-refractivity contribution < 1.29 is 23.2 Å². The van der Waals surface area contributed by atoms with Crippen LogP contribution in [0.1, 0.15) is 35.3 Å². The van der Waals surface area contributed by atoms with Crippen LogP contribution in [0.5, 0.6) is 6.01 Å². The number of fused-ring (bicyclic) bond motifs is 2. The monoisotopic (exact) mass is 644 g/mol. The van der Waals surface area contributed by atoms with Crippen LogP contribution in [0.3, 0.4) is 0 Å². The standard InChI is InChI=1S/C32H30ClFN8O4/c1-44-32-36-24-16-40(25-4-2-3-19-5-6-23(34)29(33)28(19)25)12-10-22(24)31(38-32)41-13-14-42(21(15-41)9-11-35)27(43)8-7-26-37-30(39-46-26)20-17-45-18-20/h2-8,20-21H,9-10,12-18H2,1H3/b8-7+. The molecule has 14 heteroatoms. The number of anilines is 2. The molecule has 2 aromatic carbocycles. The maximum absolute atomic E-state index is 14.5. The van der Waals surface area contributed by atoms with Gasteiger partial charge in [0.1, 0.15) is 11.6 Å². The molecule has 4 aromatic rings. The maximum atomic E-state index is 14.5. The minimum atomic E-state index is -0.464. The average Bonchev–Trinajstić information content (AvgIpc) is 3.51. The lowest BCUT2D eigenvalue weighted by atomic mass is 10.0. The Morgan fingerprint density at radius 1 is 1.17 bits per heavy atom. The van der Waals surface area contributed by atoms with Crippen molar-refractivity contribution in [2.24, 2.45) is 0 Å². The average molecular weight is 645 g/mol. The van der Waals surface area contributed by atoms with Crippen LogP contribution in [0, 0.1) is 17.1 Å².